The number of aryl methyl sites for hydroxylation is 2. The van der Waals surface area contributed by atoms with Gasteiger partial charge in [-0.15, -0.1) is 0 Å². The van der Waals surface area contributed by atoms with Gasteiger partial charge >= 0.3 is 0 Å². The molecule has 0 amide bonds. The Morgan fingerprint density at radius 3 is 2.71 bits per heavy atom. The molecule has 0 bridgehead atoms. The standard InChI is InChI=1S/C17H17NO2S/c1-12-2-4-13(5-3-12)11-19-14-6-7-15-16(8-9-21)18-20-17(15)10-14/h2-7,10,21H,8-9,11H2,1H3. The third-order valence-electron chi connectivity index (χ3n) is 3.39. The highest BCUT2D eigenvalue weighted by atomic mass is 32.1. The maximum absolute atomic E-state index is 5.81. The molecule has 0 saturated carbocycles. The molecule has 0 atom stereocenters. The van der Waals surface area contributed by atoms with Crippen LogP contribution in [0.4, 0.5) is 0 Å². The second-order valence-electron chi connectivity index (χ2n) is 5.04. The van der Waals surface area contributed by atoms with Gasteiger partial charge in [0.1, 0.15) is 12.4 Å². The first-order valence-electron chi connectivity index (χ1n) is 6.94. The Morgan fingerprint density at radius 2 is 1.95 bits per heavy atom. The van der Waals surface area contributed by atoms with Crippen molar-refractivity contribution >= 4 is 23.6 Å². The summed E-state index contributed by atoms with van der Waals surface area (Å²) in [6.07, 6.45) is 0.805. The van der Waals surface area contributed by atoms with Crippen LogP contribution in [0.2, 0.25) is 0 Å². The molecule has 1 aromatic heterocycles. The van der Waals surface area contributed by atoms with Gasteiger partial charge in [0.2, 0.25) is 0 Å². The van der Waals surface area contributed by atoms with Crippen molar-refractivity contribution in [3.63, 3.8) is 0 Å². The summed E-state index contributed by atoms with van der Waals surface area (Å²) < 4.78 is 11.2. The van der Waals surface area contributed by atoms with Gasteiger partial charge in [-0.2, -0.15) is 12.6 Å². The van der Waals surface area contributed by atoms with Gasteiger partial charge in [-0.25, -0.2) is 0 Å². The summed E-state index contributed by atoms with van der Waals surface area (Å²) in [5, 5.41) is 5.11. The van der Waals surface area contributed by atoms with Crippen molar-refractivity contribution in [3.05, 3.63) is 59.3 Å². The number of benzene rings is 2. The van der Waals surface area contributed by atoms with Crippen LogP contribution in [0, 0.1) is 6.92 Å². The smallest absolute Gasteiger partial charge is 0.170 e. The normalized spacial score (nSPS) is 11.0. The Morgan fingerprint density at radius 1 is 1.14 bits per heavy atom. The van der Waals surface area contributed by atoms with Gasteiger partial charge in [-0.1, -0.05) is 35.0 Å². The minimum atomic E-state index is 0.545. The molecule has 3 nitrogen and oxygen atoms in total. The zero-order valence-corrected chi connectivity index (χ0v) is 12.8. The summed E-state index contributed by atoms with van der Waals surface area (Å²) in [7, 11) is 0. The van der Waals surface area contributed by atoms with Crippen LogP contribution in [0.5, 0.6) is 5.75 Å². The van der Waals surface area contributed by atoms with E-state index in [1.807, 2.05) is 18.2 Å². The number of fused-ring (bicyclic) bond motifs is 1. The molecule has 2 aromatic carbocycles. The maximum atomic E-state index is 5.81. The Balaban J connectivity index is 1.74. The predicted octanol–water partition coefficient (Wildman–Crippen LogP) is 4.19. The van der Waals surface area contributed by atoms with Gasteiger partial charge in [-0.05, 0) is 30.4 Å². The molecule has 3 aromatic rings. The molecule has 0 unspecified atom stereocenters. The molecule has 3 rings (SSSR count). The Labute approximate surface area is 129 Å². The van der Waals surface area contributed by atoms with Gasteiger partial charge < -0.3 is 9.26 Å². The van der Waals surface area contributed by atoms with Crippen LogP contribution in [-0.4, -0.2) is 10.9 Å². The molecule has 0 saturated heterocycles. The Kier molecular flexibility index (Phi) is 4.15. The van der Waals surface area contributed by atoms with Gasteiger partial charge in [0, 0.05) is 17.9 Å². The summed E-state index contributed by atoms with van der Waals surface area (Å²) >= 11 is 4.23. The first kappa shape index (κ1) is 14.0. The van der Waals surface area contributed by atoms with Crippen molar-refractivity contribution in [1.82, 2.24) is 5.16 Å². The highest BCUT2D eigenvalue weighted by Crippen LogP contribution is 2.24. The average molecular weight is 299 g/mol. The molecule has 0 aliphatic rings. The molecule has 0 fully saturated rings. The van der Waals surface area contributed by atoms with Gasteiger partial charge in [0.05, 0.1) is 5.69 Å². The van der Waals surface area contributed by atoms with E-state index in [-0.39, 0.29) is 0 Å². The fourth-order valence-corrected chi connectivity index (χ4v) is 2.41. The molecular formula is C17H17NO2S. The lowest BCUT2D eigenvalue weighted by Crippen LogP contribution is -1.95. The van der Waals surface area contributed by atoms with Crippen LogP contribution in [0.3, 0.4) is 0 Å². The van der Waals surface area contributed by atoms with Crippen LogP contribution in [0.25, 0.3) is 11.0 Å². The van der Waals surface area contributed by atoms with E-state index >= 15 is 0 Å². The summed E-state index contributed by atoms with van der Waals surface area (Å²) in [6.45, 7) is 2.62. The Bertz CT molecular complexity index is 734. The van der Waals surface area contributed by atoms with Gasteiger partial charge in [0.15, 0.2) is 5.58 Å². The van der Waals surface area contributed by atoms with Crippen molar-refractivity contribution in [1.29, 1.82) is 0 Å². The monoisotopic (exact) mass is 299 g/mol. The van der Waals surface area contributed by atoms with Crippen molar-refractivity contribution in [2.75, 3.05) is 5.75 Å². The molecule has 0 N–H and O–H groups in total. The number of ether oxygens (including phenoxy) is 1. The second-order valence-corrected chi connectivity index (χ2v) is 5.48. The van der Waals surface area contributed by atoms with Crippen LogP contribution in [0.1, 0.15) is 16.8 Å². The van der Waals surface area contributed by atoms with Crippen molar-refractivity contribution in [3.8, 4) is 5.75 Å². The largest absolute Gasteiger partial charge is 0.489 e. The highest BCUT2D eigenvalue weighted by Gasteiger charge is 2.08. The van der Waals surface area contributed by atoms with E-state index in [0.717, 1.165) is 40.1 Å². The number of aromatic nitrogens is 1. The lowest BCUT2D eigenvalue weighted by atomic mass is 10.1. The van der Waals surface area contributed by atoms with E-state index in [1.54, 1.807) is 0 Å². The molecule has 0 spiro atoms. The number of hydrogen-bond donors (Lipinski definition) is 1. The fraction of sp³-hybridized carbons (Fsp3) is 0.235. The summed E-state index contributed by atoms with van der Waals surface area (Å²) in [6, 6.07) is 14.2. The molecule has 1 heterocycles. The topological polar surface area (TPSA) is 35.3 Å². The summed E-state index contributed by atoms with van der Waals surface area (Å²) in [5.74, 6) is 1.55. The number of rotatable bonds is 5. The quantitative estimate of drug-likeness (QED) is 0.718. The van der Waals surface area contributed by atoms with Crippen LogP contribution in [0.15, 0.2) is 47.0 Å². The maximum Gasteiger partial charge on any atom is 0.170 e. The molecule has 4 heteroatoms. The van der Waals surface area contributed by atoms with Crippen molar-refractivity contribution in [2.24, 2.45) is 0 Å². The SMILES string of the molecule is Cc1ccc(COc2ccc3c(CCS)noc3c2)cc1. The van der Waals surface area contributed by atoms with E-state index in [4.69, 9.17) is 9.26 Å². The van der Waals surface area contributed by atoms with Crippen molar-refractivity contribution in [2.45, 2.75) is 20.0 Å². The second kappa shape index (κ2) is 6.22. The Hall–Kier alpha value is -1.94. The average Bonchev–Trinajstić information content (AvgIpc) is 2.90. The van der Waals surface area contributed by atoms with E-state index in [0.29, 0.717) is 6.61 Å². The zero-order valence-electron chi connectivity index (χ0n) is 11.9. The predicted molar refractivity (Wildman–Crippen MR) is 87.1 cm³/mol. The van der Waals surface area contributed by atoms with Gasteiger partial charge in [0.25, 0.3) is 0 Å². The molecule has 21 heavy (non-hydrogen) atoms. The molecular weight excluding hydrogens is 282 g/mol. The number of hydrogen-bond acceptors (Lipinski definition) is 4. The fourth-order valence-electron chi connectivity index (χ4n) is 2.20. The zero-order chi connectivity index (χ0) is 14.7. The molecule has 0 radical (unpaired) electrons. The summed E-state index contributed by atoms with van der Waals surface area (Å²) in [5.41, 5.74) is 4.10. The first-order valence-corrected chi connectivity index (χ1v) is 7.57. The number of nitrogens with zero attached hydrogens (tertiary/aromatic N) is 1. The van der Waals surface area contributed by atoms with Crippen LogP contribution >= 0.6 is 12.6 Å². The molecule has 108 valence electrons. The third kappa shape index (κ3) is 3.22. The van der Waals surface area contributed by atoms with Crippen molar-refractivity contribution < 1.29 is 9.26 Å². The highest BCUT2D eigenvalue weighted by molar-refractivity contribution is 7.80. The third-order valence-corrected chi connectivity index (χ3v) is 3.62. The minimum absolute atomic E-state index is 0.545. The van der Waals surface area contributed by atoms with E-state index in [1.165, 1.54) is 5.56 Å². The molecule has 0 aliphatic carbocycles. The lowest BCUT2D eigenvalue weighted by molar-refractivity contribution is 0.306. The lowest BCUT2D eigenvalue weighted by Gasteiger charge is -2.06. The van der Waals surface area contributed by atoms with E-state index in [2.05, 4.69) is 49.0 Å². The van der Waals surface area contributed by atoms with Crippen LogP contribution in [-0.2, 0) is 13.0 Å². The first-order chi connectivity index (χ1) is 10.3. The van der Waals surface area contributed by atoms with Crippen LogP contribution < -0.4 is 4.74 Å². The summed E-state index contributed by atoms with van der Waals surface area (Å²) in [4.78, 5) is 0. The molecule has 0 aliphatic heterocycles. The number of thiol groups is 1. The minimum Gasteiger partial charge on any atom is -0.489 e. The van der Waals surface area contributed by atoms with E-state index in [9.17, 15) is 0 Å². The van der Waals surface area contributed by atoms with E-state index < -0.39 is 0 Å². The van der Waals surface area contributed by atoms with Gasteiger partial charge in [-0.3, -0.25) is 0 Å².